The SMILES string of the molecule is CC(=O)OC[C@H]1O[C@@H](O[C@H]2CC[C@@]3(C)C(=CC[C@H]4[C@@H]5CC[C@H]([C@H](C)CCCC(C)C)[C@@]5(C)CC[C@@H]43)C2)C=C[C@@H]1OC(C)=O. The van der Waals surface area contributed by atoms with Crippen molar-refractivity contribution in [3.63, 3.8) is 0 Å². The standard InChI is InChI=1S/C37H58O6/c1-23(2)9-8-10-24(3)30-13-14-31-29-12-11-27-21-28(17-19-36(27,6)32(29)18-20-37(30,31)7)42-35-16-15-33(41-26(5)39)34(43-35)22-40-25(4)38/h11,15-16,23-24,28-35H,8-10,12-14,17-22H2,1-7H3/t24-,28+,29+,30-,31+,32+,33+,34-,35-,36+,37-/m1/s1. The molecule has 0 spiro atoms. The smallest absolute Gasteiger partial charge is 0.303 e. The van der Waals surface area contributed by atoms with Crippen molar-refractivity contribution in [2.45, 2.75) is 144 Å². The molecule has 0 aromatic carbocycles. The Labute approximate surface area is 260 Å². The predicted molar refractivity (Wildman–Crippen MR) is 168 cm³/mol. The summed E-state index contributed by atoms with van der Waals surface area (Å²) in [4.78, 5) is 23.0. The van der Waals surface area contributed by atoms with Gasteiger partial charge in [-0.1, -0.05) is 65.5 Å². The molecular formula is C37H58O6. The Morgan fingerprint density at radius 1 is 0.977 bits per heavy atom. The molecule has 0 unspecified atom stereocenters. The number of hydrogen-bond donors (Lipinski definition) is 0. The highest BCUT2D eigenvalue weighted by Gasteiger charge is 2.59. The van der Waals surface area contributed by atoms with E-state index in [0.29, 0.717) is 5.41 Å². The monoisotopic (exact) mass is 598 g/mol. The number of fused-ring (bicyclic) bond motifs is 5. The summed E-state index contributed by atoms with van der Waals surface area (Å²) in [5, 5.41) is 0. The molecule has 3 fully saturated rings. The minimum absolute atomic E-state index is 0.0199. The summed E-state index contributed by atoms with van der Waals surface area (Å²) in [6, 6.07) is 0. The maximum atomic E-state index is 11.6. The summed E-state index contributed by atoms with van der Waals surface area (Å²) in [5.41, 5.74) is 2.38. The average molecular weight is 599 g/mol. The fourth-order valence-electron chi connectivity index (χ4n) is 10.3. The number of esters is 2. The Balaban J connectivity index is 1.21. The Kier molecular flexibility index (Phi) is 10.2. The fraction of sp³-hybridized carbons (Fsp3) is 0.838. The molecule has 5 rings (SSSR count). The molecule has 0 radical (unpaired) electrons. The number of carbonyl (C=O) groups is 2. The van der Waals surface area contributed by atoms with Crippen LogP contribution in [-0.2, 0) is 28.5 Å². The molecule has 4 aliphatic carbocycles. The van der Waals surface area contributed by atoms with Gasteiger partial charge in [-0.25, -0.2) is 0 Å². The van der Waals surface area contributed by atoms with E-state index in [9.17, 15) is 9.59 Å². The van der Waals surface area contributed by atoms with E-state index in [0.717, 1.165) is 54.8 Å². The van der Waals surface area contributed by atoms with Crippen LogP contribution >= 0.6 is 0 Å². The van der Waals surface area contributed by atoms with Gasteiger partial charge in [0.2, 0.25) is 0 Å². The minimum atomic E-state index is -0.598. The van der Waals surface area contributed by atoms with Crippen molar-refractivity contribution >= 4 is 11.9 Å². The van der Waals surface area contributed by atoms with Crippen molar-refractivity contribution in [1.29, 1.82) is 0 Å². The molecule has 3 saturated carbocycles. The van der Waals surface area contributed by atoms with E-state index in [1.54, 1.807) is 11.6 Å². The molecule has 0 aromatic heterocycles. The molecule has 11 atom stereocenters. The molecule has 6 nitrogen and oxygen atoms in total. The molecule has 0 N–H and O–H groups in total. The zero-order valence-corrected chi connectivity index (χ0v) is 27.9. The van der Waals surface area contributed by atoms with Gasteiger partial charge in [-0.05, 0) is 110 Å². The lowest BCUT2D eigenvalue weighted by atomic mass is 9.47. The van der Waals surface area contributed by atoms with E-state index >= 15 is 0 Å². The van der Waals surface area contributed by atoms with Gasteiger partial charge in [0.1, 0.15) is 18.8 Å². The second-order valence-corrected chi connectivity index (χ2v) is 15.6. The zero-order valence-electron chi connectivity index (χ0n) is 27.9. The number of carbonyl (C=O) groups excluding carboxylic acids is 2. The third-order valence-electron chi connectivity index (χ3n) is 12.5. The molecule has 0 aromatic rings. The number of rotatable bonds is 10. The summed E-state index contributed by atoms with van der Waals surface area (Å²) in [6.07, 6.45) is 18.7. The molecule has 6 heteroatoms. The summed E-state index contributed by atoms with van der Waals surface area (Å²) < 4.78 is 23.2. The van der Waals surface area contributed by atoms with Crippen molar-refractivity contribution in [2.24, 2.45) is 46.3 Å². The number of allylic oxidation sites excluding steroid dienone is 1. The minimum Gasteiger partial charge on any atom is -0.463 e. The molecular weight excluding hydrogens is 540 g/mol. The molecule has 0 bridgehead atoms. The molecule has 1 aliphatic heterocycles. The first-order valence-electron chi connectivity index (χ1n) is 17.4. The van der Waals surface area contributed by atoms with E-state index in [2.05, 4.69) is 40.7 Å². The summed E-state index contributed by atoms with van der Waals surface area (Å²) in [6.45, 7) is 15.3. The van der Waals surface area contributed by atoms with Gasteiger partial charge in [0, 0.05) is 13.8 Å². The third kappa shape index (κ3) is 6.95. The maximum absolute atomic E-state index is 11.6. The molecule has 43 heavy (non-hydrogen) atoms. The Hall–Kier alpha value is -1.66. The van der Waals surface area contributed by atoms with Crippen molar-refractivity contribution in [2.75, 3.05) is 6.61 Å². The number of ether oxygens (including phenoxy) is 4. The second kappa shape index (κ2) is 13.4. The third-order valence-corrected chi connectivity index (χ3v) is 12.5. The van der Waals surface area contributed by atoms with Gasteiger partial charge in [0.15, 0.2) is 6.29 Å². The van der Waals surface area contributed by atoms with Gasteiger partial charge >= 0.3 is 11.9 Å². The summed E-state index contributed by atoms with van der Waals surface area (Å²) in [5.74, 6) is 4.24. The van der Waals surface area contributed by atoms with Crippen LogP contribution in [0.1, 0.15) is 119 Å². The van der Waals surface area contributed by atoms with Crippen LogP contribution in [0.25, 0.3) is 0 Å². The van der Waals surface area contributed by atoms with Crippen LogP contribution in [0.3, 0.4) is 0 Å². The van der Waals surface area contributed by atoms with Crippen molar-refractivity contribution in [3.8, 4) is 0 Å². The molecule has 0 amide bonds. The van der Waals surface area contributed by atoms with Gasteiger partial charge in [-0.15, -0.1) is 0 Å². The first-order valence-corrected chi connectivity index (χ1v) is 17.4. The van der Waals surface area contributed by atoms with Gasteiger partial charge < -0.3 is 18.9 Å². The van der Waals surface area contributed by atoms with E-state index in [-0.39, 0.29) is 18.1 Å². The number of hydrogen-bond acceptors (Lipinski definition) is 6. The van der Waals surface area contributed by atoms with E-state index in [1.165, 1.54) is 65.2 Å². The molecule has 242 valence electrons. The molecule has 0 saturated heterocycles. The first-order chi connectivity index (χ1) is 20.4. The van der Waals surface area contributed by atoms with Crippen LogP contribution < -0.4 is 0 Å². The van der Waals surface area contributed by atoms with Crippen LogP contribution in [-0.4, -0.2) is 43.1 Å². The van der Waals surface area contributed by atoms with Crippen LogP contribution in [0.4, 0.5) is 0 Å². The van der Waals surface area contributed by atoms with Crippen LogP contribution in [0.15, 0.2) is 23.8 Å². The average Bonchev–Trinajstić information content (AvgIpc) is 3.30. The van der Waals surface area contributed by atoms with E-state index in [1.807, 2.05) is 6.08 Å². The summed E-state index contributed by atoms with van der Waals surface area (Å²) >= 11 is 0. The highest BCUT2D eigenvalue weighted by atomic mass is 16.7. The van der Waals surface area contributed by atoms with Gasteiger partial charge in [-0.2, -0.15) is 0 Å². The first kappa shape index (κ1) is 32.7. The van der Waals surface area contributed by atoms with E-state index < -0.39 is 30.4 Å². The fourth-order valence-corrected chi connectivity index (χ4v) is 10.3. The van der Waals surface area contributed by atoms with Gasteiger partial charge in [-0.3, -0.25) is 9.59 Å². The zero-order chi connectivity index (χ0) is 30.9. The lowest BCUT2D eigenvalue weighted by Crippen LogP contribution is -2.51. The lowest BCUT2D eigenvalue weighted by molar-refractivity contribution is -0.213. The predicted octanol–water partition coefficient (Wildman–Crippen LogP) is 8.19. The van der Waals surface area contributed by atoms with Crippen LogP contribution in [0.2, 0.25) is 0 Å². The highest BCUT2D eigenvalue weighted by molar-refractivity contribution is 5.66. The topological polar surface area (TPSA) is 71.1 Å². The normalized spacial score (nSPS) is 41.1. The summed E-state index contributed by atoms with van der Waals surface area (Å²) in [7, 11) is 0. The lowest BCUT2D eigenvalue weighted by Gasteiger charge is -2.58. The quantitative estimate of drug-likeness (QED) is 0.187. The van der Waals surface area contributed by atoms with Crippen molar-refractivity contribution in [1.82, 2.24) is 0 Å². The Morgan fingerprint density at radius 3 is 2.49 bits per heavy atom. The van der Waals surface area contributed by atoms with E-state index in [4.69, 9.17) is 18.9 Å². The van der Waals surface area contributed by atoms with Gasteiger partial charge in [0.25, 0.3) is 0 Å². The highest BCUT2D eigenvalue weighted by Crippen LogP contribution is 2.67. The van der Waals surface area contributed by atoms with Crippen molar-refractivity contribution < 1.29 is 28.5 Å². The van der Waals surface area contributed by atoms with Crippen molar-refractivity contribution in [3.05, 3.63) is 23.8 Å². The van der Waals surface area contributed by atoms with Crippen LogP contribution in [0.5, 0.6) is 0 Å². The van der Waals surface area contributed by atoms with Gasteiger partial charge in [0.05, 0.1) is 6.10 Å². The maximum Gasteiger partial charge on any atom is 0.303 e. The largest absolute Gasteiger partial charge is 0.463 e. The second-order valence-electron chi connectivity index (χ2n) is 15.6. The Morgan fingerprint density at radius 2 is 1.77 bits per heavy atom. The van der Waals surface area contributed by atoms with Crippen LogP contribution in [0, 0.1) is 46.3 Å². The molecule has 5 aliphatic rings. The molecule has 1 heterocycles. The Bertz CT molecular complexity index is 1060.